The van der Waals surface area contributed by atoms with Crippen LogP contribution in [0.2, 0.25) is 0 Å². The SMILES string of the molecule is CC1Nc2c(sc3nc(-c4nccs4)cc(-c4cccnc4)c23)S1. The van der Waals surface area contributed by atoms with Gasteiger partial charge in [-0.2, -0.15) is 0 Å². The van der Waals surface area contributed by atoms with Crippen molar-refractivity contribution in [2.75, 3.05) is 5.32 Å². The maximum absolute atomic E-state index is 4.88. The molecule has 1 N–H and O–H groups in total. The lowest BCUT2D eigenvalue weighted by Gasteiger charge is -2.09. The van der Waals surface area contributed by atoms with Gasteiger partial charge in [0.25, 0.3) is 0 Å². The van der Waals surface area contributed by atoms with Gasteiger partial charge in [0.05, 0.1) is 15.3 Å². The van der Waals surface area contributed by atoms with E-state index in [9.17, 15) is 0 Å². The molecule has 1 aliphatic rings. The standard InChI is InChI=1S/C17H12N4S3/c1-9-20-14-13-11(10-3-2-4-18-8-10)7-12(15-19-5-6-22-15)21-16(13)24-17(14)23-9/h2-9,20H,1H3. The molecule has 4 aromatic rings. The molecule has 0 saturated heterocycles. The van der Waals surface area contributed by atoms with Crippen molar-refractivity contribution in [3.8, 4) is 21.8 Å². The molecular weight excluding hydrogens is 356 g/mol. The Balaban J connectivity index is 1.83. The molecule has 0 radical (unpaired) electrons. The second-order valence-corrected chi connectivity index (χ2v) is 8.99. The molecule has 0 aliphatic carbocycles. The molecule has 7 heteroatoms. The van der Waals surface area contributed by atoms with Crippen molar-refractivity contribution in [1.29, 1.82) is 0 Å². The zero-order chi connectivity index (χ0) is 16.1. The Morgan fingerprint density at radius 1 is 1.25 bits per heavy atom. The van der Waals surface area contributed by atoms with E-state index in [1.165, 1.54) is 15.3 Å². The minimum atomic E-state index is 0.399. The van der Waals surface area contributed by atoms with Crippen LogP contribution in [0, 0.1) is 0 Å². The van der Waals surface area contributed by atoms with Gasteiger partial charge in [-0.15, -0.1) is 22.7 Å². The van der Waals surface area contributed by atoms with E-state index in [0.717, 1.165) is 26.7 Å². The van der Waals surface area contributed by atoms with Gasteiger partial charge in [-0.1, -0.05) is 17.8 Å². The molecular formula is C17H12N4S3. The number of nitrogens with one attached hydrogen (secondary N) is 1. The van der Waals surface area contributed by atoms with Crippen molar-refractivity contribution < 1.29 is 0 Å². The third kappa shape index (κ3) is 2.23. The van der Waals surface area contributed by atoms with Crippen molar-refractivity contribution in [3.05, 3.63) is 42.2 Å². The Hall–Kier alpha value is -1.96. The Morgan fingerprint density at radius 3 is 3.00 bits per heavy atom. The molecule has 1 aliphatic heterocycles. The van der Waals surface area contributed by atoms with Crippen LogP contribution in [-0.2, 0) is 0 Å². The van der Waals surface area contributed by atoms with Crippen LogP contribution in [0.1, 0.15) is 6.92 Å². The van der Waals surface area contributed by atoms with Gasteiger partial charge < -0.3 is 5.32 Å². The first-order valence-electron chi connectivity index (χ1n) is 7.50. The second-order valence-electron chi connectivity index (χ2n) is 5.48. The number of hydrogen-bond acceptors (Lipinski definition) is 7. The molecule has 0 fully saturated rings. The second kappa shape index (κ2) is 5.54. The smallest absolute Gasteiger partial charge is 0.141 e. The topological polar surface area (TPSA) is 50.7 Å². The van der Waals surface area contributed by atoms with Crippen LogP contribution in [0.15, 0.2) is 46.4 Å². The van der Waals surface area contributed by atoms with Crippen molar-refractivity contribution in [2.45, 2.75) is 16.5 Å². The molecule has 118 valence electrons. The molecule has 1 unspecified atom stereocenters. The van der Waals surface area contributed by atoms with Crippen molar-refractivity contribution in [3.63, 3.8) is 0 Å². The lowest BCUT2D eigenvalue weighted by molar-refractivity contribution is 1.15. The maximum Gasteiger partial charge on any atom is 0.141 e. The molecule has 0 spiro atoms. The first-order valence-corrected chi connectivity index (χ1v) is 10.1. The van der Waals surface area contributed by atoms with Crippen LogP contribution < -0.4 is 5.32 Å². The molecule has 0 amide bonds. The third-order valence-corrected chi connectivity index (χ3v) is 6.99. The van der Waals surface area contributed by atoms with Gasteiger partial charge in [0.2, 0.25) is 0 Å². The Kier molecular flexibility index (Phi) is 3.32. The Bertz CT molecular complexity index is 1030. The van der Waals surface area contributed by atoms with Gasteiger partial charge >= 0.3 is 0 Å². The number of rotatable bonds is 2. The number of nitrogens with zero attached hydrogens (tertiary/aromatic N) is 3. The number of fused-ring (bicyclic) bond motifs is 3. The largest absolute Gasteiger partial charge is 0.371 e. The van der Waals surface area contributed by atoms with Crippen LogP contribution in [0.5, 0.6) is 0 Å². The van der Waals surface area contributed by atoms with E-state index in [1.54, 1.807) is 28.9 Å². The van der Waals surface area contributed by atoms with E-state index >= 15 is 0 Å². The number of pyridine rings is 2. The lowest BCUT2D eigenvalue weighted by atomic mass is 10.0. The van der Waals surface area contributed by atoms with Gasteiger partial charge in [-0.05, 0) is 24.6 Å². The summed E-state index contributed by atoms with van der Waals surface area (Å²) in [6.07, 6.45) is 5.54. The molecule has 0 bridgehead atoms. The highest BCUT2D eigenvalue weighted by molar-refractivity contribution is 8.02. The summed E-state index contributed by atoms with van der Waals surface area (Å²) in [4.78, 5) is 14.7. The number of thiazole rings is 1. The fourth-order valence-corrected chi connectivity index (χ4v) is 6.03. The number of hydrogen-bond donors (Lipinski definition) is 1. The summed E-state index contributed by atoms with van der Waals surface area (Å²) >= 11 is 5.23. The predicted molar refractivity (Wildman–Crippen MR) is 103 cm³/mol. The first kappa shape index (κ1) is 14.4. The molecule has 0 saturated carbocycles. The maximum atomic E-state index is 4.88. The summed E-state index contributed by atoms with van der Waals surface area (Å²) in [7, 11) is 0. The fraction of sp³-hybridized carbons (Fsp3) is 0.118. The van der Waals surface area contributed by atoms with E-state index < -0.39 is 0 Å². The summed E-state index contributed by atoms with van der Waals surface area (Å²) in [5.41, 5.74) is 4.41. The summed E-state index contributed by atoms with van der Waals surface area (Å²) in [5.74, 6) is 0. The average molecular weight is 369 g/mol. The molecule has 24 heavy (non-hydrogen) atoms. The third-order valence-electron chi connectivity index (χ3n) is 3.89. The molecule has 1 atom stereocenters. The quantitative estimate of drug-likeness (QED) is 0.517. The van der Waals surface area contributed by atoms with Crippen molar-refractivity contribution >= 4 is 50.3 Å². The zero-order valence-corrected chi connectivity index (χ0v) is 15.1. The average Bonchev–Trinajstić information content (AvgIpc) is 3.30. The number of thioether (sulfide) groups is 1. The van der Waals surface area contributed by atoms with Crippen molar-refractivity contribution in [2.24, 2.45) is 0 Å². The van der Waals surface area contributed by atoms with Gasteiger partial charge in [-0.25, -0.2) is 9.97 Å². The van der Waals surface area contributed by atoms with Gasteiger partial charge in [-0.3, -0.25) is 4.98 Å². The monoisotopic (exact) mass is 368 g/mol. The molecule has 5 heterocycles. The van der Waals surface area contributed by atoms with Crippen LogP contribution in [0.25, 0.3) is 32.0 Å². The van der Waals surface area contributed by atoms with Crippen LogP contribution in [-0.4, -0.2) is 20.3 Å². The highest BCUT2D eigenvalue weighted by atomic mass is 32.2. The number of aromatic nitrogens is 3. The van der Waals surface area contributed by atoms with Gasteiger partial charge in [0.15, 0.2) is 0 Å². The lowest BCUT2D eigenvalue weighted by Crippen LogP contribution is -2.03. The summed E-state index contributed by atoms with van der Waals surface area (Å²) in [6, 6.07) is 6.21. The molecule has 0 aromatic carbocycles. The minimum absolute atomic E-state index is 0.399. The first-order chi connectivity index (χ1) is 11.8. The number of anilines is 1. The van der Waals surface area contributed by atoms with E-state index in [2.05, 4.69) is 34.3 Å². The summed E-state index contributed by atoms with van der Waals surface area (Å²) in [5, 5.41) is 8.11. The number of thiophene rings is 1. The molecule has 4 nitrogen and oxygen atoms in total. The van der Waals surface area contributed by atoms with Gasteiger partial charge in [0, 0.05) is 34.9 Å². The van der Waals surface area contributed by atoms with E-state index in [-0.39, 0.29) is 0 Å². The highest BCUT2D eigenvalue weighted by Crippen LogP contribution is 2.51. The molecule has 5 rings (SSSR count). The van der Waals surface area contributed by atoms with E-state index in [0.29, 0.717) is 5.37 Å². The van der Waals surface area contributed by atoms with Gasteiger partial charge in [0.1, 0.15) is 15.5 Å². The van der Waals surface area contributed by atoms with Crippen LogP contribution in [0.4, 0.5) is 5.69 Å². The minimum Gasteiger partial charge on any atom is -0.371 e. The predicted octanol–water partition coefficient (Wildman–Crippen LogP) is 5.35. The summed E-state index contributed by atoms with van der Waals surface area (Å²) in [6.45, 7) is 2.18. The highest BCUT2D eigenvalue weighted by Gasteiger charge is 2.26. The van der Waals surface area contributed by atoms with Crippen molar-refractivity contribution in [1.82, 2.24) is 15.0 Å². The van der Waals surface area contributed by atoms with E-state index in [1.807, 2.05) is 35.6 Å². The Morgan fingerprint density at radius 2 is 2.21 bits per heavy atom. The summed E-state index contributed by atoms with van der Waals surface area (Å²) < 4.78 is 1.31. The van der Waals surface area contributed by atoms with E-state index in [4.69, 9.17) is 4.98 Å². The normalized spacial score (nSPS) is 16.3. The Labute approximate surface area is 151 Å². The fourth-order valence-electron chi connectivity index (χ4n) is 2.89. The molecule has 4 aromatic heterocycles. The zero-order valence-electron chi connectivity index (χ0n) is 12.7. The van der Waals surface area contributed by atoms with Crippen LogP contribution in [0.3, 0.4) is 0 Å². The van der Waals surface area contributed by atoms with Crippen LogP contribution >= 0.6 is 34.4 Å².